The molecule has 1 aromatic carbocycles. The van der Waals surface area contributed by atoms with E-state index in [2.05, 4.69) is 10.3 Å². The van der Waals surface area contributed by atoms with Crippen LogP contribution in [0.25, 0.3) is 0 Å². The van der Waals surface area contributed by atoms with Gasteiger partial charge in [0, 0.05) is 24.4 Å². The van der Waals surface area contributed by atoms with Crippen LogP contribution < -0.4 is 14.8 Å². The summed E-state index contributed by atoms with van der Waals surface area (Å²) in [5, 5.41) is 3.41. The van der Waals surface area contributed by atoms with Crippen molar-refractivity contribution < 1.29 is 23.8 Å². The Kier molecular flexibility index (Phi) is 5.68. The second-order valence-corrected chi connectivity index (χ2v) is 7.98. The third kappa shape index (κ3) is 3.92. The molecule has 8 nitrogen and oxygen atoms in total. The third-order valence-electron chi connectivity index (χ3n) is 5.10. The van der Waals surface area contributed by atoms with Gasteiger partial charge in [-0.2, -0.15) is 0 Å². The summed E-state index contributed by atoms with van der Waals surface area (Å²) in [5.41, 5.74) is 1.39. The molecule has 1 atom stereocenters. The van der Waals surface area contributed by atoms with Crippen molar-refractivity contribution in [3.8, 4) is 11.5 Å². The molecule has 9 heteroatoms. The minimum atomic E-state index is -0.394. The lowest BCUT2D eigenvalue weighted by molar-refractivity contribution is -0.124. The van der Waals surface area contributed by atoms with E-state index in [4.69, 9.17) is 14.2 Å². The molecule has 0 bridgehead atoms. The summed E-state index contributed by atoms with van der Waals surface area (Å²) in [6.07, 6.45) is 1.88. The van der Waals surface area contributed by atoms with Crippen molar-refractivity contribution in [1.82, 2.24) is 9.88 Å². The number of carbonyl (C=O) groups is 2. The predicted octanol–water partition coefficient (Wildman–Crippen LogP) is 2.48. The van der Waals surface area contributed by atoms with Crippen LogP contribution in [0.4, 0.5) is 5.13 Å². The van der Waals surface area contributed by atoms with Crippen molar-refractivity contribution in [3.63, 3.8) is 0 Å². The van der Waals surface area contributed by atoms with Crippen LogP contribution in [-0.4, -0.2) is 55.2 Å². The highest BCUT2D eigenvalue weighted by atomic mass is 32.1. The lowest BCUT2D eigenvalue weighted by Gasteiger charge is -2.27. The van der Waals surface area contributed by atoms with E-state index in [9.17, 15) is 9.59 Å². The average molecular weight is 417 g/mol. The molecule has 2 aliphatic rings. The van der Waals surface area contributed by atoms with Crippen molar-refractivity contribution in [3.05, 3.63) is 34.3 Å². The van der Waals surface area contributed by atoms with Crippen LogP contribution in [0.5, 0.6) is 11.5 Å². The predicted molar refractivity (Wildman–Crippen MR) is 108 cm³/mol. The highest BCUT2D eigenvalue weighted by Crippen LogP contribution is 2.34. The first-order valence-electron chi connectivity index (χ1n) is 9.52. The fraction of sp³-hybridized carbons (Fsp3) is 0.450. The Morgan fingerprint density at radius 1 is 1.31 bits per heavy atom. The van der Waals surface area contributed by atoms with E-state index < -0.39 is 6.10 Å². The summed E-state index contributed by atoms with van der Waals surface area (Å²) in [4.78, 5) is 32.6. The molecule has 0 aliphatic carbocycles. The van der Waals surface area contributed by atoms with Crippen molar-refractivity contribution in [2.24, 2.45) is 0 Å². The molecule has 2 amide bonds. The monoisotopic (exact) mass is 417 g/mol. The summed E-state index contributed by atoms with van der Waals surface area (Å²) in [7, 11) is 3.07. The molecular formula is C20H23N3O5S. The summed E-state index contributed by atoms with van der Waals surface area (Å²) in [6, 6.07) is 5.27. The quantitative estimate of drug-likeness (QED) is 0.804. The lowest BCUT2D eigenvalue weighted by atomic mass is 10.1. The van der Waals surface area contributed by atoms with Gasteiger partial charge in [0.05, 0.1) is 32.0 Å². The molecule has 1 saturated heterocycles. The molecule has 2 aliphatic heterocycles. The molecule has 154 valence electrons. The summed E-state index contributed by atoms with van der Waals surface area (Å²) < 4.78 is 16.1. The van der Waals surface area contributed by atoms with Gasteiger partial charge in [0.2, 0.25) is 0 Å². The largest absolute Gasteiger partial charge is 0.493 e. The number of fused-ring (bicyclic) bond motifs is 1. The summed E-state index contributed by atoms with van der Waals surface area (Å²) >= 11 is 1.41. The third-order valence-corrected chi connectivity index (χ3v) is 6.10. The molecule has 4 rings (SSSR count). The smallest absolute Gasteiger partial charge is 0.258 e. The molecule has 3 heterocycles. The summed E-state index contributed by atoms with van der Waals surface area (Å²) in [5.74, 6) is 0.681. The Morgan fingerprint density at radius 3 is 2.90 bits per heavy atom. The maximum atomic E-state index is 13.1. The number of methoxy groups -OCH3 is 2. The van der Waals surface area contributed by atoms with Crippen LogP contribution in [0.2, 0.25) is 0 Å². The van der Waals surface area contributed by atoms with E-state index in [0.29, 0.717) is 48.3 Å². The number of aromatic nitrogens is 1. The van der Waals surface area contributed by atoms with E-state index in [1.54, 1.807) is 30.2 Å². The summed E-state index contributed by atoms with van der Waals surface area (Å²) in [6.45, 7) is 1.62. The van der Waals surface area contributed by atoms with Crippen molar-refractivity contribution in [1.29, 1.82) is 0 Å². The minimum Gasteiger partial charge on any atom is -0.493 e. The number of amides is 2. The first-order valence-corrected chi connectivity index (χ1v) is 10.3. The molecule has 1 N–H and O–H groups in total. The van der Waals surface area contributed by atoms with Gasteiger partial charge in [0.1, 0.15) is 6.10 Å². The van der Waals surface area contributed by atoms with Gasteiger partial charge in [-0.05, 0) is 25.0 Å². The second kappa shape index (κ2) is 8.38. The number of carbonyl (C=O) groups excluding carboxylic acids is 2. The Bertz CT molecular complexity index is 923. The van der Waals surface area contributed by atoms with Gasteiger partial charge in [-0.25, -0.2) is 4.98 Å². The Hall–Kier alpha value is -2.65. The number of ether oxygens (including phenoxy) is 3. The minimum absolute atomic E-state index is 0.121. The number of hydrogen-bond acceptors (Lipinski definition) is 7. The zero-order valence-electron chi connectivity index (χ0n) is 16.4. The van der Waals surface area contributed by atoms with Gasteiger partial charge >= 0.3 is 0 Å². The van der Waals surface area contributed by atoms with E-state index in [0.717, 1.165) is 23.4 Å². The van der Waals surface area contributed by atoms with Crippen LogP contribution in [0, 0.1) is 0 Å². The molecule has 0 spiro atoms. The molecule has 29 heavy (non-hydrogen) atoms. The molecule has 0 saturated carbocycles. The van der Waals surface area contributed by atoms with Gasteiger partial charge in [-0.3, -0.25) is 14.9 Å². The Labute approximate surface area is 172 Å². The van der Waals surface area contributed by atoms with Crippen LogP contribution in [0.3, 0.4) is 0 Å². The van der Waals surface area contributed by atoms with Crippen LogP contribution in [0.15, 0.2) is 18.2 Å². The van der Waals surface area contributed by atoms with Crippen LogP contribution in [0.1, 0.15) is 33.8 Å². The maximum absolute atomic E-state index is 13.1. The van der Waals surface area contributed by atoms with Gasteiger partial charge in [0.15, 0.2) is 16.6 Å². The number of anilines is 1. The van der Waals surface area contributed by atoms with E-state index in [1.165, 1.54) is 18.4 Å². The molecule has 2 aromatic rings. The highest BCUT2D eigenvalue weighted by Gasteiger charge is 2.29. The molecule has 0 radical (unpaired) electrons. The average Bonchev–Trinajstić information content (AvgIpc) is 3.41. The number of benzene rings is 1. The SMILES string of the molecule is COc1cccc(C(=O)N2CCc3nc(NC(=O)C4CCCO4)sc3C2)c1OC. The standard InChI is InChI=1S/C20H23N3O5S/c1-26-14-6-3-5-12(17(14)27-2)19(25)23-9-8-13-16(11-23)29-20(21-13)22-18(24)15-7-4-10-28-15/h3,5-6,15H,4,7-11H2,1-2H3,(H,21,22,24). The van der Waals surface area contributed by atoms with Crippen molar-refractivity contribution >= 4 is 28.3 Å². The molecule has 1 fully saturated rings. The van der Waals surface area contributed by atoms with Gasteiger partial charge in [-0.15, -0.1) is 0 Å². The molecule has 1 aromatic heterocycles. The second-order valence-electron chi connectivity index (χ2n) is 6.90. The first-order chi connectivity index (χ1) is 14.1. The Morgan fingerprint density at radius 2 is 2.17 bits per heavy atom. The number of para-hydroxylation sites is 1. The van der Waals surface area contributed by atoms with Gasteiger partial charge in [-0.1, -0.05) is 17.4 Å². The normalized spacial score (nSPS) is 18.3. The van der Waals surface area contributed by atoms with Crippen molar-refractivity contribution in [2.45, 2.75) is 31.9 Å². The zero-order valence-corrected chi connectivity index (χ0v) is 17.2. The number of thiazole rings is 1. The van der Waals surface area contributed by atoms with Gasteiger partial charge in [0.25, 0.3) is 11.8 Å². The number of nitrogens with one attached hydrogen (secondary N) is 1. The Balaban J connectivity index is 1.48. The molecule has 1 unspecified atom stereocenters. The van der Waals surface area contributed by atoms with Crippen LogP contribution in [-0.2, 0) is 22.5 Å². The lowest BCUT2D eigenvalue weighted by Crippen LogP contribution is -2.35. The maximum Gasteiger partial charge on any atom is 0.258 e. The number of hydrogen-bond donors (Lipinski definition) is 1. The number of nitrogens with zero attached hydrogens (tertiary/aromatic N) is 2. The number of rotatable bonds is 5. The van der Waals surface area contributed by atoms with Gasteiger partial charge < -0.3 is 19.1 Å². The topological polar surface area (TPSA) is 90.0 Å². The first kappa shape index (κ1) is 19.7. The van der Waals surface area contributed by atoms with E-state index >= 15 is 0 Å². The zero-order chi connectivity index (χ0) is 20.4. The fourth-order valence-corrected chi connectivity index (χ4v) is 4.65. The highest BCUT2D eigenvalue weighted by molar-refractivity contribution is 7.15. The van der Waals surface area contributed by atoms with E-state index in [-0.39, 0.29) is 11.8 Å². The van der Waals surface area contributed by atoms with Crippen LogP contribution >= 0.6 is 11.3 Å². The van der Waals surface area contributed by atoms with Crippen molar-refractivity contribution in [2.75, 3.05) is 32.7 Å². The molecular weight excluding hydrogens is 394 g/mol. The fourth-order valence-electron chi connectivity index (χ4n) is 3.62. The van der Waals surface area contributed by atoms with E-state index in [1.807, 2.05) is 0 Å².